The van der Waals surface area contributed by atoms with Crippen LogP contribution in [0.3, 0.4) is 0 Å². The second kappa shape index (κ2) is 10.8. The van der Waals surface area contributed by atoms with E-state index in [1.165, 1.54) is 25.3 Å². The Kier molecular flexibility index (Phi) is 8.42. The van der Waals surface area contributed by atoms with Crippen molar-refractivity contribution in [2.75, 3.05) is 0 Å². The second-order valence-electron chi connectivity index (χ2n) is 7.72. The van der Waals surface area contributed by atoms with E-state index in [0.717, 1.165) is 19.3 Å². The highest BCUT2D eigenvalue weighted by Gasteiger charge is 2.27. The Bertz CT molecular complexity index is 683. The third-order valence-corrected chi connectivity index (χ3v) is 5.09. The molecule has 0 heterocycles. The van der Waals surface area contributed by atoms with Crippen molar-refractivity contribution in [3.05, 3.63) is 39.9 Å². The van der Waals surface area contributed by atoms with Gasteiger partial charge in [-0.25, -0.2) is 0 Å². The van der Waals surface area contributed by atoms with Gasteiger partial charge < -0.3 is 10.1 Å². The molecule has 0 saturated heterocycles. The maximum absolute atomic E-state index is 12.5. The molecule has 0 radical (unpaired) electrons. The Hall–Kier alpha value is -2.44. The molecule has 2 rings (SSSR count). The third-order valence-electron chi connectivity index (χ3n) is 5.09. The fourth-order valence-electron chi connectivity index (χ4n) is 3.74. The Morgan fingerprint density at radius 3 is 2.54 bits per heavy atom. The lowest BCUT2D eigenvalue weighted by atomic mass is 9.86. The summed E-state index contributed by atoms with van der Waals surface area (Å²) >= 11 is 0. The summed E-state index contributed by atoms with van der Waals surface area (Å²) in [5.41, 5.74) is 0.205. The van der Waals surface area contributed by atoms with Crippen LogP contribution in [0.1, 0.15) is 76.8 Å². The quantitative estimate of drug-likeness (QED) is 0.381. The van der Waals surface area contributed by atoms with Crippen LogP contribution in [0, 0.1) is 16.0 Å². The van der Waals surface area contributed by atoms with Crippen molar-refractivity contribution in [3.63, 3.8) is 0 Å². The summed E-state index contributed by atoms with van der Waals surface area (Å²) in [6.45, 7) is 3.47. The Labute approximate surface area is 166 Å². The zero-order valence-corrected chi connectivity index (χ0v) is 16.7. The number of nitro groups is 1. The maximum Gasteiger partial charge on any atom is 0.308 e. The second-order valence-corrected chi connectivity index (χ2v) is 7.72. The minimum Gasteiger partial charge on any atom is -0.463 e. The highest BCUT2D eigenvalue weighted by molar-refractivity contribution is 5.78. The molecule has 1 N–H and O–H groups in total. The lowest BCUT2D eigenvalue weighted by Crippen LogP contribution is -2.31. The van der Waals surface area contributed by atoms with Gasteiger partial charge in [0.25, 0.3) is 5.69 Å². The molecular weight excluding hydrogens is 360 g/mol. The van der Waals surface area contributed by atoms with Crippen LogP contribution in [0.4, 0.5) is 5.69 Å². The van der Waals surface area contributed by atoms with Crippen molar-refractivity contribution < 1.29 is 19.2 Å². The van der Waals surface area contributed by atoms with Crippen molar-refractivity contribution in [1.29, 1.82) is 0 Å². The van der Waals surface area contributed by atoms with E-state index in [0.29, 0.717) is 17.9 Å². The van der Waals surface area contributed by atoms with Gasteiger partial charge >= 0.3 is 5.97 Å². The van der Waals surface area contributed by atoms with Crippen LogP contribution >= 0.6 is 0 Å². The molecule has 0 bridgehead atoms. The van der Waals surface area contributed by atoms with E-state index in [2.05, 4.69) is 5.32 Å². The van der Waals surface area contributed by atoms with Crippen molar-refractivity contribution >= 4 is 17.6 Å². The summed E-state index contributed by atoms with van der Waals surface area (Å²) in [6.07, 6.45) is 6.74. The van der Waals surface area contributed by atoms with Gasteiger partial charge in [-0.1, -0.05) is 50.3 Å². The number of hydrogen-bond acceptors (Lipinski definition) is 5. The number of para-hydroxylation sites is 1. The molecule has 1 atom stereocenters. The summed E-state index contributed by atoms with van der Waals surface area (Å²) in [7, 11) is 0. The molecule has 1 amide bonds. The van der Waals surface area contributed by atoms with E-state index in [9.17, 15) is 19.7 Å². The first-order valence-corrected chi connectivity index (χ1v) is 10.1. The minimum atomic E-state index is -0.785. The van der Waals surface area contributed by atoms with Gasteiger partial charge in [0.15, 0.2) is 0 Å². The highest BCUT2D eigenvalue weighted by Crippen LogP contribution is 2.29. The van der Waals surface area contributed by atoms with Crippen molar-refractivity contribution in [2.24, 2.45) is 5.92 Å². The van der Waals surface area contributed by atoms with Crippen molar-refractivity contribution in [1.82, 2.24) is 5.32 Å². The molecule has 28 heavy (non-hydrogen) atoms. The monoisotopic (exact) mass is 390 g/mol. The smallest absolute Gasteiger partial charge is 0.308 e. The third kappa shape index (κ3) is 6.94. The van der Waals surface area contributed by atoms with Crippen LogP contribution in [-0.4, -0.2) is 22.9 Å². The number of nitro benzene ring substituents is 1. The lowest BCUT2D eigenvalue weighted by Gasteiger charge is -2.22. The number of ether oxygens (including phenoxy) is 1. The summed E-state index contributed by atoms with van der Waals surface area (Å²) in [5.74, 6) is -0.119. The standard InChI is InChI=1S/C21H30N2O5/c1-15(2)28-21(25)14-18(17-10-6-7-11-19(17)23(26)27)22-20(24)13-12-16-8-4-3-5-9-16/h6-7,10-11,15-16,18H,3-5,8-9,12-14H2,1-2H3,(H,22,24). The van der Waals surface area contributed by atoms with E-state index in [-0.39, 0.29) is 24.1 Å². The van der Waals surface area contributed by atoms with Crippen LogP contribution in [0.5, 0.6) is 0 Å². The average Bonchev–Trinajstić information content (AvgIpc) is 2.66. The zero-order chi connectivity index (χ0) is 20.5. The summed E-state index contributed by atoms with van der Waals surface area (Å²) in [6, 6.07) is 5.40. The molecule has 154 valence electrons. The molecule has 0 aliphatic heterocycles. The molecule has 7 nitrogen and oxygen atoms in total. The molecule has 1 aliphatic carbocycles. The van der Waals surface area contributed by atoms with Crippen LogP contribution in [-0.2, 0) is 14.3 Å². The molecule has 1 aromatic rings. The number of nitrogens with one attached hydrogen (secondary N) is 1. The number of rotatable bonds is 9. The zero-order valence-electron chi connectivity index (χ0n) is 16.7. The molecule has 1 unspecified atom stereocenters. The van der Waals surface area contributed by atoms with Crippen LogP contribution in [0.15, 0.2) is 24.3 Å². The van der Waals surface area contributed by atoms with Gasteiger partial charge in [0.05, 0.1) is 29.1 Å². The minimum absolute atomic E-state index is 0.113. The van der Waals surface area contributed by atoms with Gasteiger partial charge in [-0.3, -0.25) is 19.7 Å². The summed E-state index contributed by atoms with van der Waals surface area (Å²) < 4.78 is 5.18. The largest absolute Gasteiger partial charge is 0.463 e. The normalized spacial score (nSPS) is 15.8. The predicted molar refractivity (Wildman–Crippen MR) is 106 cm³/mol. The van der Waals surface area contributed by atoms with E-state index in [1.54, 1.807) is 32.0 Å². The van der Waals surface area contributed by atoms with Crippen LogP contribution < -0.4 is 5.32 Å². The van der Waals surface area contributed by atoms with Gasteiger partial charge in [0.1, 0.15) is 0 Å². The summed E-state index contributed by atoms with van der Waals surface area (Å²) in [4.78, 5) is 35.6. The Balaban J connectivity index is 2.08. The average molecular weight is 390 g/mol. The first kappa shape index (κ1) is 21.9. The molecule has 0 spiro atoms. The number of nitrogens with zero attached hydrogens (tertiary/aromatic N) is 1. The van der Waals surface area contributed by atoms with Crippen molar-refractivity contribution in [2.45, 2.75) is 77.4 Å². The lowest BCUT2D eigenvalue weighted by molar-refractivity contribution is -0.385. The number of benzene rings is 1. The number of carbonyl (C=O) groups excluding carboxylic acids is 2. The van der Waals surface area contributed by atoms with E-state index < -0.39 is 16.9 Å². The van der Waals surface area contributed by atoms with Crippen LogP contribution in [0.2, 0.25) is 0 Å². The van der Waals surface area contributed by atoms with Gasteiger partial charge in [-0.05, 0) is 26.2 Å². The number of carbonyl (C=O) groups is 2. The molecule has 1 aromatic carbocycles. The fraction of sp³-hybridized carbons (Fsp3) is 0.619. The Morgan fingerprint density at radius 2 is 1.89 bits per heavy atom. The van der Waals surface area contributed by atoms with E-state index in [4.69, 9.17) is 4.74 Å². The molecule has 0 aromatic heterocycles. The van der Waals surface area contributed by atoms with Crippen molar-refractivity contribution in [3.8, 4) is 0 Å². The number of hydrogen-bond donors (Lipinski definition) is 1. The van der Waals surface area contributed by atoms with Gasteiger partial charge in [-0.15, -0.1) is 0 Å². The topological polar surface area (TPSA) is 98.5 Å². The molecule has 7 heteroatoms. The molecular formula is C21H30N2O5. The molecule has 1 fully saturated rings. The predicted octanol–water partition coefficient (Wildman–Crippen LogP) is 4.45. The van der Waals surface area contributed by atoms with E-state index in [1.807, 2.05) is 0 Å². The van der Waals surface area contributed by atoms with Gasteiger partial charge in [-0.2, -0.15) is 0 Å². The van der Waals surface area contributed by atoms with E-state index >= 15 is 0 Å². The summed E-state index contributed by atoms with van der Waals surface area (Å²) in [5, 5.41) is 14.2. The highest BCUT2D eigenvalue weighted by atomic mass is 16.6. The molecule has 1 aliphatic rings. The SMILES string of the molecule is CC(C)OC(=O)CC(NC(=O)CCC1CCCCC1)c1ccccc1[N+](=O)[O-]. The maximum atomic E-state index is 12.5. The number of amides is 1. The fourth-order valence-corrected chi connectivity index (χ4v) is 3.74. The number of esters is 1. The Morgan fingerprint density at radius 1 is 1.21 bits per heavy atom. The first-order chi connectivity index (χ1) is 13.4. The van der Waals surface area contributed by atoms with Crippen LogP contribution in [0.25, 0.3) is 0 Å². The first-order valence-electron chi connectivity index (χ1n) is 10.1. The molecule has 1 saturated carbocycles. The van der Waals surface area contributed by atoms with Gasteiger partial charge in [0.2, 0.25) is 5.91 Å². The van der Waals surface area contributed by atoms with Gasteiger partial charge in [0, 0.05) is 12.5 Å².